The number of rotatable bonds is 11. The third-order valence-electron chi connectivity index (χ3n) is 6.97. The predicted molar refractivity (Wildman–Crippen MR) is 156 cm³/mol. The minimum atomic E-state index is -2.97. The molecule has 0 unspecified atom stereocenters. The Hall–Kier alpha value is -4.03. The highest BCUT2D eigenvalue weighted by molar-refractivity contribution is 6.11. The van der Waals surface area contributed by atoms with Gasteiger partial charge in [-0.25, -0.2) is 18.8 Å². The van der Waals surface area contributed by atoms with Crippen LogP contribution in [0.1, 0.15) is 41.8 Å². The molecule has 12 heteroatoms. The topological polar surface area (TPSA) is 106 Å². The molecule has 2 aromatic heterocycles. The zero-order valence-electron chi connectivity index (χ0n) is 24.4. The Morgan fingerprint density at radius 3 is 2.52 bits per heavy atom. The zero-order chi connectivity index (χ0) is 30.1. The number of aryl methyl sites for hydroxylation is 1. The molecule has 3 heterocycles. The Balaban J connectivity index is 1.35. The molecule has 0 atom stereocenters. The molecule has 1 N–H and O–H groups in total. The first-order valence-electron chi connectivity index (χ1n) is 13.8. The molecule has 1 amide bonds. The highest BCUT2D eigenvalue weighted by Gasteiger charge is 2.24. The van der Waals surface area contributed by atoms with Crippen molar-refractivity contribution in [3.05, 3.63) is 76.7 Å². The fraction of sp³-hybridized carbons (Fsp3) is 0.433. The molecule has 1 saturated heterocycles. The van der Waals surface area contributed by atoms with Crippen molar-refractivity contribution < 1.29 is 23.0 Å². The van der Waals surface area contributed by atoms with Crippen LogP contribution >= 0.6 is 0 Å². The van der Waals surface area contributed by atoms with E-state index in [1.165, 1.54) is 12.1 Å². The van der Waals surface area contributed by atoms with E-state index in [0.29, 0.717) is 24.5 Å². The number of hydrogen-bond acceptors (Lipinski definition) is 7. The highest BCUT2D eigenvalue weighted by Crippen LogP contribution is 2.27. The van der Waals surface area contributed by atoms with Gasteiger partial charge in [-0.3, -0.25) is 19.4 Å². The van der Waals surface area contributed by atoms with E-state index in [4.69, 9.17) is 14.5 Å². The van der Waals surface area contributed by atoms with Gasteiger partial charge in [-0.15, -0.1) is 0 Å². The second-order valence-corrected chi connectivity index (χ2v) is 10.1. The van der Waals surface area contributed by atoms with Crippen LogP contribution in [-0.4, -0.2) is 83.6 Å². The number of amidine groups is 1. The number of pyridine rings is 1. The van der Waals surface area contributed by atoms with E-state index in [9.17, 15) is 13.6 Å². The van der Waals surface area contributed by atoms with Crippen LogP contribution in [0, 0.1) is 0 Å². The summed E-state index contributed by atoms with van der Waals surface area (Å²) in [4.78, 5) is 27.8. The van der Waals surface area contributed by atoms with Crippen LogP contribution in [0.5, 0.6) is 5.88 Å². The van der Waals surface area contributed by atoms with Gasteiger partial charge >= 0.3 is 0 Å². The lowest BCUT2D eigenvalue weighted by Crippen LogP contribution is -2.41. The van der Waals surface area contributed by atoms with E-state index < -0.39 is 5.92 Å². The molecule has 1 aliphatic heterocycles. The standard InChI is InChI=1S/C30H37F2N7O3/c1-21(25-19-36-38(4)26(25)20-42-28-10-9-24(18-35-28)30(2,31)32)37-29(33-3)23-7-5-22(6-8-23)17-27(40)34-11-12-39-13-15-41-16-14-39/h5-10,18-19H,11-17,20H2,1-4H3,(H,34,40). The quantitative estimate of drug-likeness (QED) is 0.275. The Labute approximate surface area is 244 Å². The van der Waals surface area contributed by atoms with Crippen LogP contribution in [0.3, 0.4) is 0 Å². The minimum absolute atomic E-state index is 0.0185. The van der Waals surface area contributed by atoms with Crippen molar-refractivity contribution in [3.63, 3.8) is 0 Å². The lowest BCUT2D eigenvalue weighted by atomic mass is 10.1. The van der Waals surface area contributed by atoms with Crippen molar-refractivity contribution in [1.29, 1.82) is 0 Å². The molecule has 0 aliphatic carbocycles. The van der Waals surface area contributed by atoms with Crippen LogP contribution in [0.4, 0.5) is 8.78 Å². The SMILES string of the molecule is CN=C(N=C(C)c1cnn(C)c1COc1ccc(C(C)(F)F)cn1)c1ccc(CC(=O)NCCN2CCOCC2)cc1. The number of benzene rings is 1. The molecule has 0 saturated carbocycles. The van der Waals surface area contributed by atoms with Crippen molar-refractivity contribution in [2.75, 3.05) is 46.4 Å². The van der Waals surface area contributed by atoms with Crippen LogP contribution < -0.4 is 10.1 Å². The number of carbonyl (C=O) groups excluding carboxylic acids is 1. The van der Waals surface area contributed by atoms with E-state index in [2.05, 4.69) is 25.3 Å². The summed E-state index contributed by atoms with van der Waals surface area (Å²) in [6, 6.07) is 10.3. The van der Waals surface area contributed by atoms with Gasteiger partial charge in [0, 0.05) is 76.2 Å². The number of hydrogen-bond donors (Lipinski definition) is 1. The Morgan fingerprint density at radius 1 is 1.14 bits per heavy atom. The summed E-state index contributed by atoms with van der Waals surface area (Å²) >= 11 is 0. The van der Waals surface area contributed by atoms with Gasteiger partial charge in [-0.1, -0.05) is 24.3 Å². The van der Waals surface area contributed by atoms with E-state index in [-0.39, 0.29) is 24.0 Å². The Kier molecular flexibility index (Phi) is 10.5. The fourth-order valence-corrected chi connectivity index (χ4v) is 4.46. The number of halogens is 2. The number of aliphatic imine (C=N–C) groups is 2. The number of aromatic nitrogens is 3. The average molecular weight is 582 g/mol. The molecule has 224 valence electrons. The van der Waals surface area contributed by atoms with Crippen LogP contribution in [0.15, 0.2) is 58.8 Å². The smallest absolute Gasteiger partial charge is 0.272 e. The molecule has 3 aromatic rings. The number of nitrogens with zero attached hydrogens (tertiary/aromatic N) is 6. The van der Waals surface area contributed by atoms with Crippen molar-refractivity contribution in [2.45, 2.75) is 32.8 Å². The van der Waals surface area contributed by atoms with Crippen LogP contribution in [-0.2, 0) is 35.5 Å². The molecule has 10 nitrogen and oxygen atoms in total. The number of amides is 1. The summed E-state index contributed by atoms with van der Waals surface area (Å²) in [5.74, 6) is -2.23. The molecule has 0 spiro atoms. The molecule has 0 radical (unpaired) electrons. The summed E-state index contributed by atoms with van der Waals surface area (Å²) in [5.41, 5.74) is 3.72. The van der Waals surface area contributed by atoms with Gasteiger partial charge in [-0.2, -0.15) is 5.10 Å². The van der Waals surface area contributed by atoms with Crippen molar-refractivity contribution in [3.8, 4) is 5.88 Å². The second-order valence-electron chi connectivity index (χ2n) is 10.1. The Morgan fingerprint density at radius 2 is 1.88 bits per heavy atom. The van der Waals surface area contributed by atoms with Gasteiger partial charge in [0.15, 0.2) is 5.84 Å². The van der Waals surface area contributed by atoms with Gasteiger partial charge < -0.3 is 14.8 Å². The van der Waals surface area contributed by atoms with Gasteiger partial charge in [0.2, 0.25) is 11.8 Å². The predicted octanol–water partition coefficient (Wildman–Crippen LogP) is 3.38. The van der Waals surface area contributed by atoms with E-state index >= 15 is 0 Å². The van der Waals surface area contributed by atoms with Crippen LogP contribution in [0.2, 0.25) is 0 Å². The molecule has 1 aliphatic rings. The van der Waals surface area contributed by atoms with E-state index in [0.717, 1.165) is 68.4 Å². The number of nitrogens with one attached hydrogen (secondary N) is 1. The molecule has 1 fully saturated rings. The van der Waals surface area contributed by atoms with Crippen LogP contribution in [0.25, 0.3) is 0 Å². The molecule has 4 rings (SSSR count). The largest absolute Gasteiger partial charge is 0.471 e. The van der Waals surface area contributed by atoms with Crippen molar-refractivity contribution in [1.82, 2.24) is 25.0 Å². The van der Waals surface area contributed by atoms with E-state index in [1.54, 1.807) is 25.0 Å². The molecular formula is C30H37F2N7O3. The third kappa shape index (κ3) is 8.49. The maximum Gasteiger partial charge on any atom is 0.272 e. The maximum atomic E-state index is 13.5. The molecular weight excluding hydrogens is 544 g/mol. The normalized spacial score (nSPS) is 15.1. The Bertz CT molecular complexity index is 1390. The summed E-state index contributed by atoms with van der Waals surface area (Å²) in [7, 11) is 3.46. The maximum absolute atomic E-state index is 13.5. The van der Waals surface area contributed by atoms with Gasteiger partial charge in [0.05, 0.1) is 37.2 Å². The third-order valence-corrected chi connectivity index (χ3v) is 6.97. The molecule has 0 bridgehead atoms. The van der Waals surface area contributed by atoms with Gasteiger partial charge in [0.25, 0.3) is 5.92 Å². The first-order chi connectivity index (χ1) is 20.1. The number of morpholine rings is 1. The summed E-state index contributed by atoms with van der Waals surface area (Å²) in [5, 5.41) is 7.33. The summed E-state index contributed by atoms with van der Waals surface area (Å²) in [6.07, 6.45) is 3.10. The fourth-order valence-electron chi connectivity index (χ4n) is 4.46. The zero-order valence-corrected chi connectivity index (χ0v) is 24.4. The molecule has 42 heavy (non-hydrogen) atoms. The van der Waals surface area contributed by atoms with Gasteiger partial charge in [-0.05, 0) is 18.6 Å². The first kappa shape index (κ1) is 30.9. The average Bonchev–Trinajstić information content (AvgIpc) is 3.35. The first-order valence-corrected chi connectivity index (χ1v) is 13.8. The number of ether oxygens (including phenoxy) is 2. The monoisotopic (exact) mass is 581 g/mol. The minimum Gasteiger partial charge on any atom is -0.471 e. The van der Waals surface area contributed by atoms with Gasteiger partial charge in [0.1, 0.15) is 6.61 Å². The highest BCUT2D eigenvalue weighted by atomic mass is 19.3. The number of alkyl halides is 2. The lowest BCUT2D eigenvalue weighted by Gasteiger charge is -2.26. The molecule has 1 aromatic carbocycles. The summed E-state index contributed by atoms with van der Waals surface area (Å²) < 4.78 is 39.7. The van der Waals surface area contributed by atoms with Crippen molar-refractivity contribution >= 4 is 17.5 Å². The summed E-state index contributed by atoms with van der Waals surface area (Å²) in [6.45, 7) is 7.50. The van der Waals surface area contributed by atoms with E-state index in [1.807, 2.05) is 31.2 Å². The second kappa shape index (κ2) is 14.2. The van der Waals surface area contributed by atoms with Crippen molar-refractivity contribution in [2.24, 2.45) is 17.0 Å². The lowest BCUT2D eigenvalue weighted by molar-refractivity contribution is -0.120. The number of carbonyl (C=O) groups is 1.